The number of rotatable bonds is 5. The topological polar surface area (TPSA) is 68.5 Å². The highest BCUT2D eigenvalue weighted by atomic mass is 79.9. The molecule has 1 aromatic heterocycles. The van der Waals surface area contributed by atoms with E-state index in [-0.39, 0.29) is 6.61 Å². The Bertz CT molecular complexity index is 939. The summed E-state index contributed by atoms with van der Waals surface area (Å²) in [5, 5.41) is 4.54. The van der Waals surface area contributed by atoms with E-state index in [2.05, 4.69) is 26.2 Å². The summed E-state index contributed by atoms with van der Waals surface area (Å²) >= 11 is 15.9. The molecule has 1 aromatic carbocycles. The lowest BCUT2D eigenvalue weighted by Gasteiger charge is -2.27. The molecule has 0 fully saturated rings. The van der Waals surface area contributed by atoms with Gasteiger partial charge in [0.05, 0.1) is 12.2 Å². The maximum Gasteiger partial charge on any atom is 0.338 e. The predicted molar refractivity (Wildman–Crippen MR) is 110 cm³/mol. The van der Waals surface area contributed by atoms with Crippen molar-refractivity contribution in [3.8, 4) is 0 Å². The minimum Gasteiger partial charge on any atom is -0.463 e. The normalized spacial score (nSPS) is 16.8. The molecule has 27 heavy (non-hydrogen) atoms. The third kappa shape index (κ3) is 4.05. The molecule has 1 aliphatic heterocycles. The number of halogens is 3. The van der Waals surface area contributed by atoms with E-state index >= 15 is 0 Å². The van der Waals surface area contributed by atoms with Crippen molar-refractivity contribution in [2.45, 2.75) is 13.0 Å². The smallest absolute Gasteiger partial charge is 0.338 e. The van der Waals surface area contributed by atoms with E-state index in [0.29, 0.717) is 43.9 Å². The molecule has 1 N–H and O–H groups in total. The van der Waals surface area contributed by atoms with Crippen LogP contribution in [0.1, 0.15) is 24.4 Å². The maximum atomic E-state index is 12.7. The Morgan fingerprint density at radius 1 is 1.41 bits per heavy atom. The number of nitrogens with zero attached hydrogens (tertiary/aromatic N) is 3. The number of aromatic nitrogens is 2. The molecule has 1 unspecified atom stereocenters. The fourth-order valence-corrected chi connectivity index (χ4v) is 3.76. The third-order valence-electron chi connectivity index (χ3n) is 4.05. The first-order chi connectivity index (χ1) is 13.0. The van der Waals surface area contributed by atoms with Crippen LogP contribution >= 0.6 is 39.1 Å². The Kier molecular flexibility index (Phi) is 6.24. The number of amidine groups is 1. The van der Waals surface area contributed by atoms with Crippen LogP contribution in [0.3, 0.4) is 0 Å². The zero-order valence-corrected chi connectivity index (χ0v) is 17.8. The number of allylic oxidation sites excluding steroid dienone is 1. The molecule has 142 valence electrons. The van der Waals surface area contributed by atoms with Crippen LogP contribution in [-0.4, -0.2) is 33.3 Å². The lowest BCUT2D eigenvalue weighted by Crippen LogP contribution is -2.36. The van der Waals surface area contributed by atoms with Gasteiger partial charge in [-0.1, -0.05) is 45.2 Å². The quantitative estimate of drug-likeness (QED) is 0.528. The van der Waals surface area contributed by atoms with Gasteiger partial charge < -0.3 is 14.6 Å². The monoisotopic (exact) mass is 470 g/mol. The largest absolute Gasteiger partial charge is 0.463 e. The second kappa shape index (κ2) is 8.46. The van der Waals surface area contributed by atoms with Crippen LogP contribution in [0.25, 0.3) is 0 Å². The summed E-state index contributed by atoms with van der Waals surface area (Å²) in [4.78, 5) is 21.8. The highest BCUT2D eigenvalue weighted by Gasteiger charge is 2.33. The van der Waals surface area contributed by atoms with Gasteiger partial charge in [0.2, 0.25) is 0 Å². The number of carbonyl (C=O) groups is 1. The lowest BCUT2D eigenvalue weighted by atomic mass is 9.96. The van der Waals surface area contributed by atoms with Crippen molar-refractivity contribution in [2.24, 2.45) is 12.0 Å². The van der Waals surface area contributed by atoms with Crippen LogP contribution in [0.15, 0.2) is 46.9 Å². The van der Waals surface area contributed by atoms with Crippen LogP contribution in [-0.2, 0) is 16.6 Å². The molecule has 2 heterocycles. The van der Waals surface area contributed by atoms with Gasteiger partial charge in [-0.25, -0.2) is 9.78 Å². The molecule has 9 heteroatoms. The van der Waals surface area contributed by atoms with Gasteiger partial charge in [0.25, 0.3) is 0 Å². The van der Waals surface area contributed by atoms with E-state index in [9.17, 15) is 4.79 Å². The molecule has 3 rings (SSSR count). The molecule has 1 atom stereocenters. The summed E-state index contributed by atoms with van der Waals surface area (Å²) < 4.78 is 7.10. The van der Waals surface area contributed by atoms with Gasteiger partial charge in [-0.3, -0.25) is 4.99 Å². The van der Waals surface area contributed by atoms with Crippen LogP contribution < -0.4 is 5.32 Å². The zero-order chi connectivity index (χ0) is 19.6. The van der Waals surface area contributed by atoms with Crippen molar-refractivity contribution in [3.63, 3.8) is 0 Å². The van der Waals surface area contributed by atoms with Crippen molar-refractivity contribution < 1.29 is 9.53 Å². The Morgan fingerprint density at radius 3 is 2.78 bits per heavy atom. The number of hydrogen-bond donors (Lipinski definition) is 1. The van der Waals surface area contributed by atoms with Gasteiger partial charge in [0, 0.05) is 46.1 Å². The van der Waals surface area contributed by atoms with Gasteiger partial charge in [0.1, 0.15) is 6.04 Å². The minimum absolute atomic E-state index is 0.259. The summed E-state index contributed by atoms with van der Waals surface area (Å²) in [6.45, 7) is 2.02. The van der Waals surface area contributed by atoms with Crippen LogP contribution in [0.4, 0.5) is 0 Å². The Hall–Kier alpha value is -1.83. The number of aliphatic imine (C=N–C) groups is 1. The molecular weight excluding hydrogens is 455 g/mol. The average Bonchev–Trinajstić information content (AvgIpc) is 3.06. The number of benzene rings is 1. The lowest BCUT2D eigenvalue weighted by molar-refractivity contribution is -0.138. The minimum atomic E-state index is -0.644. The summed E-state index contributed by atoms with van der Waals surface area (Å²) in [7, 11) is 1.87. The van der Waals surface area contributed by atoms with E-state index in [1.165, 1.54) is 0 Å². The molecule has 0 amide bonds. The second-order valence-electron chi connectivity index (χ2n) is 5.78. The highest BCUT2D eigenvalue weighted by Crippen LogP contribution is 2.37. The summed E-state index contributed by atoms with van der Waals surface area (Å²) in [6, 6.07) is 4.48. The fourth-order valence-electron chi connectivity index (χ4n) is 2.81. The van der Waals surface area contributed by atoms with E-state index in [4.69, 9.17) is 32.9 Å². The molecule has 0 radical (unpaired) electrons. The molecule has 0 bridgehead atoms. The molecule has 0 saturated carbocycles. The molecule has 0 saturated heterocycles. The second-order valence-corrected chi connectivity index (χ2v) is 7.18. The van der Waals surface area contributed by atoms with Crippen LogP contribution in [0.2, 0.25) is 10.0 Å². The number of carbonyl (C=O) groups excluding carboxylic acids is 1. The number of nitrogens with one attached hydrogen (secondary N) is 1. The molecule has 6 nitrogen and oxygen atoms in total. The molecule has 0 spiro atoms. The molecular formula is C18H17BrCl2N4O2. The first-order valence-electron chi connectivity index (χ1n) is 8.19. The predicted octanol–water partition coefficient (Wildman–Crippen LogP) is 4.03. The third-order valence-corrected chi connectivity index (χ3v) is 5.17. The average molecular weight is 472 g/mol. The molecule has 2 aromatic rings. The molecule has 1 aliphatic rings. The number of imidazole rings is 1. The van der Waals surface area contributed by atoms with Gasteiger partial charge in [-0.2, -0.15) is 0 Å². The van der Waals surface area contributed by atoms with Gasteiger partial charge in [0.15, 0.2) is 11.7 Å². The first kappa shape index (κ1) is 19.9. The Balaban J connectivity index is 2.17. The molecule has 0 aliphatic carbocycles. The van der Waals surface area contributed by atoms with E-state index in [1.54, 1.807) is 31.3 Å². The zero-order valence-electron chi connectivity index (χ0n) is 14.7. The Morgan fingerprint density at radius 2 is 2.19 bits per heavy atom. The SMILES string of the molecule is CCOC(=O)C1=C(CBr)NC(c2nccn2C)=NC1c1ccc(Cl)cc1Cl. The van der Waals surface area contributed by atoms with E-state index < -0.39 is 12.0 Å². The number of alkyl halides is 1. The number of aryl methyl sites for hydroxylation is 1. The van der Waals surface area contributed by atoms with Crippen molar-refractivity contribution in [1.82, 2.24) is 14.9 Å². The van der Waals surface area contributed by atoms with Crippen LogP contribution in [0.5, 0.6) is 0 Å². The maximum absolute atomic E-state index is 12.7. The van der Waals surface area contributed by atoms with E-state index in [1.807, 2.05) is 17.8 Å². The van der Waals surface area contributed by atoms with Gasteiger partial charge in [-0.15, -0.1) is 0 Å². The van der Waals surface area contributed by atoms with E-state index in [0.717, 1.165) is 0 Å². The standard InChI is InChI=1S/C18H17BrCl2N4O2/c1-3-27-18(26)14-13(9-19)23-16(17-22-6-7-25(17)2)24-15(14)11-5-4-10(20)8-12(11)21/h4-8,15H,3,9H2,1-2H3,(H,23,24). The summed E-state index contributed by atoms with van der Waals surface area (Å²) in [6.07, 6.45) is 3.50. The van der Waals surface area contributed by atoms with Crippen molar-refractivity contribution in [2.75, 3.05) is 11.9 Å². The Labute approximate surface area is 175 Å². The first-order valence-corrected chi connectivity index (χ1v) is 10.1. The number of hydrogen-bond acceptors (Lipinski definition) is 5. The van der Waals surface area contributed by atoms with Gasteiger partial charge >= 0.3 is 5.97 Å². The van der Waals surface area contributed by atoms with Crippen LogP contribution in [0, 0.1) is 0 Å². The van der Waals surface area contributed by atoms with Crippen molar-refractivity contribution in [1.29, 1.82) is 0 Å². The summed E-state index contributed by atoms with van der Waals surface area (Å²) in [5.74, 6) is 0.741. The number of esters is 1. The number of ether oxygens (including phenoxy) is 1. The van der Waals surface area contributed by atoms with Crippen molar-refractivity contribution >= 4 is 50.9 Å². The van der Waals surface area contributed by atoms with Crippen molar-refractivity contribution in [3.05, 3.63) is 63.3 Å². The highest BCUT2D eigenvalue weighted by molar-refractivity contribution is 9.09. The fraction of sp³-hybridized carbons (Fsp3) is 0.278. The van der Waals surface area contributed by atoms with Gasteiger partial charge in [-0.05, 0) is 19.1 Å². The summed E-state index contributed by atoms with van der Waals surface area (Å²) in [5.41, 5.74) is 1.71.